The molecular weight excluding hydrogens is 263 g/mol. The zero-order chi connectivity index (χ0) is 10.8. The Labute approximate surface area is 94.2 Å². The number of benzene rings is 1. The number of rotatable bonds is 2. The van der Waals surface area contributed by atoms with Gasteiger partial charge in [-0.1, -0.05) is 11.2 Å². The Morgan fingerprint density at radius 3 is 2.87 bits per heavy atom. The summed E-state index contributed by atoms with van der Waals surface area (Å²) in [4.78, 5) is 0. The van der Waals surface area contributed by atoms with E-state index in [1.54, 1.807) is 18.2 Å². The van der Waals surface area contributed by atoms with E-state index in [9.17, 15) is 4.39 Å². The molecule has 0 amide bonds. The SMILES string of the molecule is NCc1cc(-c2c(F)cccc2Br)no1. The van der Waals surface area contributed by atoms with Crippen LogP contribution in [0, 0.1) is 5.82 Å². The fraction of sp³-hybridized carbons (Fsp3) is 0.100. The second kappa shape index (κ2) is 4.12. The summed E-state index contributed by atoms with van der Waals surface area (Å²) in [6, 6.07) is 6.36. The summed E-state index contributed by atoms with van der Waals surface area (Å²) in [6.07, 6.45) is 0. The molecule has 2 aromatic rings. The molecule has 2 rings (SSSR count). The molecule has 15 heavy (non-hydrogen) atoms. The second-order valence-corrected chi connectivity index (χ2v) is 3.83. The van der Waals surface area contributed by atoms with Crippen LogP contribution in [0.25, 0.3) is 11.3 Å². The highest BCUT2D eigenvalue weighted by molar-refractivity contribution is 9.10. The number of hydrogen-bond donors (Lipinski definition) is 1. The molecule has 0 aliphatic rings. The van der Waals surface area contributed by atoms with Gasteiger partial charge in [0.1, 0.15) is 11.5 Å². The standard InChI is InChI=1S/C10H8BrFN2O/c11-7-2-1-3-8(12)10(7)9-4-6(5-13)15-14-9/h1-4H,5,13H2. The first-order valence-corrected chi connectivity index (χ1v) is 5.11. The molecule has 1 heterocycles. The van der Waals surface area contributed by atoms with Gasteiger partial charge in [0.25, 0.3) is 0 Å². The molecule has 3 nitrogen and oxygen atoms in total. The number of halogens is 2. The van der Waals surface area contributed by atoms with E-state index in [2.05, 4.69) is 21.1 Å². The summed E-state index contributed by atoms with van der Waals surface area (Å²) in [5.41, 5.74) is 6.21. The van der Waals surface area contributed by atoms with Gasteiger partial charge in [-0.25, -0.2) is 4.39 Å². The number of nitrogens with zero attached hydrogens (tertiary/aromatic N) is 1. The van der Waals surface area contributed by atoms with Gasteiger partial charge in [-0.15, -0.1) is 0 Å². The lowest BCUT2D eigenvalue weighted by Gasteiger charge is -2.00. The molecule has 0 radical (unpaired) electrons. The predicted molar refractivity (Wildman–Crippen MR) is 57.5 cm³/mol. The largest absolute Gasteiger partial charge is 0.359 e. The van der Waals surface area contributed by atoms with E-state index in [1.807, 2.05) is 0 Å². The average molecular weight is 271 g/mol. The van der Waals surface area contributed by atoms with Crippen LogP contribution in [0.2, 0.25) is 0 Å². The van der Waals surface area contributed by atoms with E-state index in [4.69, 9.17) is 10.3 Å². The Bertz CT molecular complexity index is 464. The van der Waals surface area contributed by atoms with Crippen LogP contribution in [-0.2, 0) is 6.54 Å². The Balaban J connectivity index is 2.53. The van der Waals surface area contributed by atoms with E-state index in [1.165, 1.54) is 6.07 Å². The zero-order valence-electron chi connectivity index (χ0n) is 7.71. The zero-order valence-corrected chi connectivity index (χ0v) is 9.29. The lowest BCUT2D eigenvalue weighted by Crippen LogP contribution is -1.92. The molecule has 78 valence electrons. The van der Waals surface area contributed by atoms with Gasteiger partial charge >= 0.3 is 0 Å². The van der Waals surface area contributed by atoms with Crippen molar-refractivity contribution < 1.29 is 8.91 Å². The molecule has 0 spiro atoms. The topological polar surface area (TPSA) is 52.0 Å². The minimum atomic E-state index is -0.346. The van der Waals surface area contributed by atoms with Gasteiger partial charge in [0, 0.05) is 10.5 Å². The Hall–Kier alpha value is -1.20. The normalized spacial score (nSPS) is 10.6. The highest BCUT2D eigenvalue weighted by Gasteiger charge is 2.13. The van der Waals surface area contributed by atoms with Crippen molar-refractivity contribution >= 4 is 15.9 Å². The van der Waals surface area contributed by atoms with Gasteiger partial charge in [0.2, 0.25) is 0 Å². The number of aromatic nitrogens is 1. The van der Waals surface area contributed by atoms with Crippen LogP contribution >= 0.6 is 15.9 Å². The van der Waals surface area contributed by atoms with E-state index in [0.29, 0.717) is 21.5 Å². The van der Waals surface area contributed by atoms with Crippen LogP contribution in [-0.4, -0.2) is 5.16 Å². The highest BCUT2D eigenvalue weighted by Crippen LogP contribution is 2.30. The summed E-state index contributed by atoms with van der Waals surface area (Å²) < 4.78 is 19.1. The molecule has 0 aliphatic carbocycles. The average Bonchev–Trinajstić information content (AvgIpc) is 2.66. The van der Waals surface area contributed by atoms with Crippen molar-refractivity contribution in [2.45, 2.75) is 6.54 Å². The van der Waals surface area contributed by atoms with Gasteiger partial charge in [0.15, 0.2) is 5.76 Å². The minimum absolute atomic E-state index is 0.249. The smallest absolute Gasteiger partial charge is 0.150 e. The van der Waals surface area contributed by atoms with Crippen LogP contribution in [0.4, 0.5) is 4.39 Å². The summed E-state index contributed by atoms with van der Waals surface area (Å²) in [5, 5.41) is 3.75. The van der Waals surface area contributed by atoms with E-state index < -0.39 is 0 Å². The van der Waals surface area contributed by atoms with Crippen molar-refractivity contribution in [3.63, 3.8) is 0 Å². The van der Waals surface area contributed by atoms with Crippen LogP contribution in [0.1, 0.15) is 5.76 Å². The molecular formula is C10H8BrFN2O. The van der Waals surface area contributed by atoms with Crippen LogP contribution in [0.15, 0.2) is 33.3 Å². The van der Waals surface area contributed by atoms with Gasteiger partial charge in [-0.2, -0.15) is 0 Å². The van der Waals surface area contributed by atoms with Gasteiger partial charge in [-0.3, -0.25) is 0 Å². The maximum absolute atomic E-state index is 13.5. The monoisotopic (exact) mass is 270 g/mol. The van der Waals surface area contributed by atoms with E-state index >= 15 is 0 Å². The molecule has 0 saturated heterocycles. The third-order valence-electron chi connectivity index (χ3n) is 1.98. The Morgan fingerprint density at radius 1 is 1.47 bits per heavy atom. The fourth-order valence-electron chi connectivity index (χ4n) is 1.27. The predicted octanol–water partition coefficient (Wildman–Crippen LogP) is 2.70. The number of hydrogen-bond acceptors (Lipinski definition) is 3. The second-order valence-electron chi connectivity index (χ2n) is 2.98. The molecule has 1 aromatic heterocycles. The van der Waals surface area contributed by atoms with Crippen LogP contribution < -0.4 is 5.73 Å². The van der Waals surface area contributed by atoms with Crippen molar-refractivity contribution in [3.8, 4) is 11.3 Å². The van der Waals surface area contributed by atoms with Crippen molar-refractivity contribution in [1.82, 2.24) is 5.16 Å². The summed E-state index contributed by atoms with van der Waals surface area (Å²) in [7, 11) is 0. The first kappa shape index (κ1) is 10.3. The van der Waals surface area contributed by atoms with Gasteiger partial charge in [0.05, 0.1) is 12.1 Å². The molecule has 0 saturated carbocycles. The Morgan fingerprint density at radius 2 is 2.27 bits per heavy atom. The van der Waals surface area contributed by atoms with Crippen molar-refractivity contribution in [3.05, 3.63) is 40.3 Å². The van der Waals surface area contributed by atoms with Crippen LogP contribution in [0.5, 0.6) is 0 Å². The van der Waals surface area contributed by atoms with Gasteiger partial charge < -0.3 is 10.3 Å². The Kier molecular flexibility index (Phi) is 2.83. The van der Waals surface area contributed by atoms with E-state index in [0.717, 1.165) is 0 Å². The van der Waals surface area contributed by atoms with Crippen LogP contribution in [0.3, 0.4) is 0 Å². The number of nitrogens with two attached hydrogens (primary N) is 1. The molecule has 0 atom stereocenters. The highest BCUT2D eigenvalue weighted by atomic mass is 79.9. The fourth-order valence-corrected chi connectivity index (χ4v) is 1.81. The summed E-state index contributed by atoms with van der Waals surface area (Å²) in [6.45, 7) is 0.249. The lowest BCUT2D eigenvalue weighted by atomic mass is 10.1. The molecule has 0 aliphatic heterocycles. The first-order chi connectivity index (χ1) is 7.22. The molecule has 5 heteroatoms. The summed E-state index contributed by atoms with van der Waals surface area (Å²) in [5.74, 6) is 0.182. The lowest BCUT2D eigenvalue weighted by molar-refractivity contribution is 0.386. The third kappa shape index (κ3) is 1.93. The minimum Gasteiger partial charge on any atom is -0.359 e. The van der Waals surface area contributed by atoms with E-state index in [-0.39, 0.29) is 12.4 Å². The molecule has 0 fully saturated rings. The quantitative estimate of drug-likeness (QED) is 0.913. The maximum atomic E-state index is 13.5. The third-order valence-corrected chi connectivity index (χ3v) is 2.64. The van der Waals surface area contributed by atoms with Crippen molar-refractivity contribution in [2.75, 3.05) is 0 Å². The molecule has 0 unspecified atom stereocenters. The molecule has 0 bridgehead atoms. The van der Waals surface area contributed by atoms with Crippen molar-refractivity contribution in [2.24, 2.45) is 5.73 Å². The van der Waals surface area contributed by atoms with Gasteiger partial charge in [-0.05, 0) is 28.1 Å². The maximum Gasteiger partial charge on any atom is 0.150 e. The molecule has 2 N–H and O–H groups in total. The summed E-state index contributed by atoms with van der Waals surface area (Å²) >= 11 is 3.26. The first-order valence-electron chi connectivity index (χ1n) is 4.32. The van der Waals surface area contributed by atoms with Crippen molar-refractivity contribution in [1.29, 1.82) is 0 Å². The molecule has 1 aromatic carbocycles.